The number of aliphatic imine (C=N–C) groups is 1. The van der Waals surface area contributed by atoms with Gasteiger partial charge in [-0.3, -0.25) is 4.99 Å². The molecule has 0 aliphatic rings. The minimum atomic E-state index is 0.765. The van der Waals surface area contributed by atoms with Crippen LogP contribution in [-0.2, 0) is 13.0 Å². The molecule has 0 bridgehead atoms. The van der Waals surface area contributed by atoms with Crippen LogP contribution in [0.25, 0.3) is 0 Å². The zero-order valence-corrected chi connectivity index (χ0v) is 13.1. The van der Waals surface area contributed by atoms with Crippen molar-refractivity contribution < 1.29 is 4.42 Å². The highest BCUT2D eigenvalue weighted by Crippen LogP contribution is 2.13. The number of rotatable bonds is 6. The first-order valence-electron chi connectivity index (χ1n) is 6.57. The molecule has 0 radical (unpaired) electrons. The monoisotopic (exact) mass is 338 g/mol. The summed E-state index contributed by atoms with van der Waals surface area (Å²) < 4.78 is 8.33. The minimum Gasteiger partial charge on any atom is -0.454 e. The second-order valence-electron chi connectivity index (χ2n) is 4.30. The summed E-state index contributed by atoms with van der Waals surface area (Å²) in [5, 5.41) is 6.54. The molecule has 0 amide bonds. The number of halogens is 1. The molecule has 0 aliphatic carbocycles. The van der Waals surface area contributed by atoms with Crippen LogP contribution in [0.3, 0.4) is 0 Å². The third-order valence-corrected chi connectivity index (χ3v) is 3.27. The largest absolute Gasteiger partial charge is 0.454 e. The Balaban J connectivity index is 1.65. The topological polar surface area (TPSA) is 54.5 Å². The summed E-state index contributed by atoms with van der Waals surface area (Å²) in [5.41, 5.74) is 0. The summed E-state index contributed by atoms with van der Waals surface area (Å²) in [7, 11) is 1.77. The van der Waals surface area contributed by atoms with Gasteiger partial charge in [0.15, 0.2) is 10.6 Å². The third kappa shape index (κ3) is 4.77. The Morgan fingerprint density at radius 3 is 2.65 bits per heavy atom. The standard InChI is InChI=1S/C14H19BrN4O/c1-16-14(18-8-11-19-9-2-3-10-19)17-7-6-12-4-5-13(15)20-12/h2-5,9-10H,6-8,11H2,1H3,(H2,16,17,18). The molecule has 108 valence electrons. The lowest BCUT2D eigenvalue weighted by Gasteiger charge is -2.11. The van der Waals surface area contributed by atoms with Gasteiger partial charge in [-0.05, 0) is 40.2 Å². The lowest BCUT2D eigenvalue weighted by Crippen LogP contribution is -2.39. The van der Waals surface area contributed by atoms with Gasteiger partial charge in [0.05, 0.1) is 0 Å². The molecule has 0 spiro atoms. The highest BCUT2D eigenvalue weighted by molar-refractivity contribution is 9.10. The first-order valence-corrected chi connectivity index (χ1v) is 7.37. The summed E-state index contributed by atoms with van der Waals surface area (Å²) in [6, 6.07) is 7.91. The molecule has 0 fully saturated rings. The maximum Gasteiger partial charge on any atom is 0.191 e. The molecule has 2 aromatic rings. The molecule has 0 atom stereocenters. The van der Waals surface area contributed by atoms with E-state index in [1.54, 1.807) is 7.05 Å². The van der Waals surface area contributed by atoms with Crippen molar-refractivity contribution in [3.8, 4) is 0 Å². The van der Waals surface area contributed by atoms with Gasteiger partial charge in [-0.15, -0.1) is 0 Å². The molecule has 5 nitrogen and oxygen atoms in total. The highest BCUT2D eigenvalue weighted by Gasteiger charge is 2.01. The van der Waals surface area contributed by atoms with Crippen molar-refractivity contribution in [2.75, 3.05) is 20.1 Å². The van der Waals surface area contributed by atoms with E-state index in [0.717, 1.165) is 42.4 Å². The van der Waals surface area contributed by atoms with E-state index in [4.69, 9.17) is 4.42 Å². The van der Waals surface area contributed by atoms with Gasteiger partial charge in [0.25, 0.3) is 0 Å². The summed E-state index contributed by atoms with van der Waals surface area (Å²) in [4.78, 5) is 4.19. The van der Waals surface area contributed by atoms with Crippen LogP contribution in [0.2, 0.25) is 0 Å². The van der Waals surface area contributed by atoms with E-state index < -0.39 is 0 Å². The number of guanidine groups is 1. The van der Waals surface area contributed by atoms with Crippen LogP contribution in [-0.4, -0.2) is 30.7 Å². The van der Waals surface area contributed by atoms with Crippen LogP contribution in [0.4, 0.5) is 0 Å². The van der Waals surface area contributed by atoms with Gasteiger partial charge in [0, 0.05) is 45.5 Å². The average Bonchev–Trinajstić information content (AvgIpc) is 3.09. The smallest absolute Gasteiger partial charge is 0.191 e. The van der Waals surface area contributed by atoms with Crippen molar-refractivity contribution >= 4 is 21.9 Å². The minimum absolute atomic E-state index is 0.765. The first kappa shape index (κ1) is 14.7. The van der Waals surface area contributed by atoms with Crippen LogP contribution in [0.5, 0.6) is 0 Å². The number of hydrogen-bond acceptors (Lipinski definition) is 2. The van der Waals surface area contributed by atoms with Crippen molar-refractivity contribution in [1.82, 2.24) is 15.2 Å². The van der Waals surface area contributed by atoms with Crippen molar-refractivity contribution in [3.05, 3.63) is 47.1 Å². The quantitative estimate of drug-likeness (QED) is 0.627. The third-order valence-electron chi connectivity index (χ3n) is 2.84. The molecular formula is C14H19BrN4O. The van der Waals surface area contributed by atoms with Crippen molar-refractivity contribution in [2.24, 2.45) is 4.99 Å². The fourth-order valence-electron chi connectivity index (χ4n) is 1.83. The molecule has 2 N–H and O–H groups in total. The second kappa shape index (κ2) is 7.79. The molecule has 2 rings (SSSR count). The summed E-state index contributed by atoms with van der Waals surface area (Å²) in [5.74, 6) is 1.76. The molecule has 2 heterocycles. The molecule has 6 heteroatoms. The van der Waals surface area contributed by atoms with Crippen molar-refractivity contribution in [3.63, 3.8) is 0 Å². The molecule has 2 aromatic heterocycles. The predicted molar refractivity (Wildman–Crippen MR) is 83.9 cm³/mol. The average molecular weight is 339 g/mol. The number of aromatic nitrogens is 1. The molecule has 0 aromatic carbocycles. The Bertz CT molecular complexity index is 533. The summed E-state index contributed by atoms with van der Waals surface area (Å²) in [6.07, 6.45) is 4.92. The number of nitrogens with zero attached hydrogens (tertiary/aromatic N) is 2. The predicted octanol–water partition coefficient (Wildman–Crippen LogP) is 2.25. The van der Waals surface area contributed by atoms with Gasteiger partial charge in [-0.2, -0.15) is 0 Å². The van der Waals surface area contributed by atoms with E-state index in [0.29, 0.717) is 0 Å². The van der Waals surface area contributed by atoms with Crippen LogP contribution in [0, 0.1) is 0 Å². The Kier molecular flexibility index (Phi) is 5.73. The number of nitrogens with one attached hydrogen (secondary N) is 2. The van der Waals surface area contributed by atoms with Gasteiger partial charge >= 0.3 is 0 Å². The van der Waals surface area contributed by atoms with E-state index in [2.05, 4.69) is 36.1 Å². The Morgan fingerprint density at radius 2 is 2.00 bits per heavy atom. The molecule has 0 saturated carbocycles. The van der Waals surface area contributed by atoms with Gasteiger partial charge in [0.1, 0.15) is 5.76 Å². The summed E-state index contributed by atoms with van der Waals surface area (Å²) in [6.45, 7) is 2.53. The van der Waals surface area contributed by atoms with E-state index in [1.807, 2.05) is 36.7 Å². The van der Waals surface area contributed by atoms with Crippen LogP contribution in [0.1, 0.15) is 5.76 Å². The second-order valence-corrected chi connectivity index (χ2v) is 5.08. The van der Waals surface area contributed by atoms with Crippen molar-refractivity contribution in [1.29, 1.82) is 0 Å². The molecule has 0 saturated heterocycles. The molecule has 0 aliphatic heterocycles. The summed E-state index contributed by atoms with van der Waals surface area (Å²) >= 11 is 3.29. The fraction of sp³-hybridized carbons (Fsp3) is 0.357. The molecule has 0 unspecified atom stereocenters. The van der Waals surface area contributed by atoms with E-state index >= 15 is 0 Å². The Labute approximate surface area is 127 Å². The molecule has 20 heavy (non-hydrogen) atoms. The Morgan fingerprint density at radius 1 is 1.25 bits per heavy atom. The zero-order valence-electron chi connectivity index (χ0n) is 11.5. The zero-order chi connectivity index (χ0) is 14.2. The van der Waals surface area contributed by atoms with Gasteiger partial charge < -0.3 is 19.6 Å². The van der Waals surface area contributed by atoms with Crippen molar-refractivity contribution in [2.45, 2.75) is 13.0 Å². The normalized spacial score (nSPS) is 11.6. The van der Waals surface area contributed by atoms with Crippen LogP contribution >= 0.6 is 15.9 Å². The van der Waals surface area contributed by atoms with E-state index in [-0.39, 0.29) is 0 Å². The van der Waals surface area contributed by atoms with Gasteiger partial charge in [-0.1, -0.05) is 0 Å². The SMILES string of the molecule is CN=C(NCCc1ccc(Br)o1)NCCn1cccc1. The molecular weight excluding hydrogens is 320 g/mol. The number of furan rings is 1. The lowest BCUT2D eigenvalue weighted by atomic mass is 10.3. The Hall–Kier alpha value is -1.69. The van der Waals surface area contributed by atoms with E-state index in [9.17, 15) is 0 Å². The maximum atomic E-state index is 5.44. The first-order chi connectivity index (χ1) is 9.78. The van der Waals surface area contributed by atoms with Gasteiger partial charge in [-0.25, -0.2) is 0 Å². The van der Waals surface area contributed by atoms with Crippen LogP contribution in [0.15, 0.2) is 50.7 Å². The number of hydrogen-bond donors (Lipinski definition) is 2. The van der Waals surface area contributed by atoms with E-state index in [1.165, 1.54) is 0 Å². The maximum absolute atomic E-state index is 5.44. The van der Waals surface area contributed by atoms with Gasteiger partial charge in [0.2, 0.25) is 0 Å². The van der Waals surface area contributed by atoms with Crippen LogP contribution < -0.4 is 10.6 Å². The fourth-order valence-corrected chi connectivity index (χ4v) is 2.17. The highest BCUT2D eigenvalue weighted by atomic mass is 79.9. The lowest BCUT2D eigenvalue weighted by molar-refractivity contribution is 0.486.